The SMILES string of the molecule is COc1ccc(C2(NC(=O)C3CC4CCCC(C3)C4N)CCCC2)cc1. The van der Waals surface area contributed by atoms with Gasteiger partial charge in [0.05, 0.1) is 12.6 Å². The lowest BCUT2D eigenvalue weighted by Crippen LogP contribution is -2.52. The Morgan fingerprint density at radius 1 is 1.08 bits per heavy atom. The summed E-state index contributed by atoms with van der Waals surface area (Å²) >= 11 is 0. The number of amides is 1. The third-order valence-electron chi connectivity index (χ3n) is 7.25. The topological polar surface area (TPSA) is 64.3 Å². The molecule has 0 aliphatic heterocycles. The van der Waals surface area contributed by atoms with Gasteiger partial charge in [0.25, 0.3) is 0 Å². The number of benzene rings is 1. The Morgan fingerprint density at radius 2 is 1.69 bits per heavy atom. The molecule has 0 aromatic heterocycles. The van der Waals surface area contributed by atoms with Gasteiger partial charge in [-0.05, 0) is 68.1 Å². The van der Waals surface area contributed by atoms with Crippen molar-refractivity contribution in [1.29, 1.82) is 0 Å². The van der Waals surface area contributed by atoms with Crippen LogP contribution in [0.2, 0.25) is 0 Å². The standard InChI is InChI=1S/C22H32N2O2/c1-26-19-9-7-18(8-10-19)22(11-2-3-12-22)24-21(25)17-13-15-5-4-6-16(14-17)20(15)23/h7-10,15-17,20H,2-6,11-14,23H2,1H3,(H,24,25). The van der Waals surface area contributed by atoms with E-state index in [9.17, 15) is 4.79 Å². The van der Waals surface area contributed by atoms with E-state index in [0.717, 1.165) is 31.4 Å². The molecule has 0 radical (unpaired) electrons. The molecule has 2 bridgehead atoms. The van der Waals surface area contributed by atoms with E-state index < -0.39 is 0 Å². The molecule has 2 unspecified atom stereocenters. The minimum Gasteiger partial charge on any atom is -0.497 e. The predicted molar refractivity (Wildman–Crippen MR) is 103 cm³/mol. The van der Waals surface area contributed by atoms with Crippen LogP contribution in [0.5, 0.6) is 5.75 Å². The molecule has 4 nitrogen and oxygen atoms in total. The number of nitrogens with one attached hydrogen (secondary N) is 1. The molecular formula is C22H32N2O2. The van der Waals surface area contributed by atoms with Gasteiger partial charge < -0.3 is 15.8 Å². The van der Waals surface area contributed by atoms with Crippen molar-refractivity contribution in [3.05, 3.63) is 29.8 Å². The molecule has 26 heavy (non-hydrogen) atoms. The summed E-state index contributed by atoms with van der Waals surface area (Å²) in [6.07, 6.45) is 10.0. The van der Waals surface area contributed by atoms with Crippen molar-refractivity contribution in [1.82, 2.24) is 5.32 Å². The van der Waals surface area contributed by atoms with Crippen LogP contribution in [0, 0.1) is 17.8 Å². The average Bonchev–Trinajstić information content (AvgIpc) is 3.11. The maximum atomic E-state index is 13.2. The number of methoxy groups -OCH3 is 1. The van der Waals surface area contributed by atoms with Crippen LogP contribution in [0.15, 0.2) is 24.3 Å². The van der Waals surface area contributed by atoms with E-state index >= 15 is 0 Å². The minimum absolute atomic E-state index is 0.140. The van der Waals surface area contributed by atoms with Gasteiger partial charge in [-0.3, -0.25) is 4.79 Å². The summed E-state index contributed by atoms with van der Waals surface area (Å²) in [6, 6.07) is 8.57. The highest BCUT2D eigenvalue weighted by molar-refractivity contribution is 5.80. The first kappa shape index (κ1) is 17.8. The van der Waals surface area contributed by atoms with Crippen molar-refractivity contribution in [2.45, 2.75) is 69.4 Å². The summed E-state index contributed by atoms with van der Waals surface area (Å²) in [7, 11) is 1.69. The number of hydrogen-bond acceptors (Lipinski definition) is 3. The second kappa shape index (κ2) is 7.22. The molecule has 1 amide bonds. The first-order valence-electron chi connectivity index (χ1n) is 10.3. The fraction of sp³-hybridized carbons (Fsp3) is 0.682. The van der Waals surface area contributed by atoms with Crippen LogP contribution < -0.4 is 15.8 Å². The van der Waals surface area contributed by atoms with E-state index in [0.29, 0.717) is 17.9 Å². The largest absolute Gasteiger partial charge is 0.497 e. The van der Waals surface area contributed by atoms with Crippen LogP contribution in [0.1, 0.15) is 63.4 Å². The number of rotatable bonds is 4. The molecule has 3 fully saturated rings. The first-order valence-corrected chi connectivity index (χ1v) is 10.3. The molecule has 142 valence electrons. The molecule has 2 atom stereocenters. The smallest absolute Gasteiger partial charge is 0.223 e. The molecular weight excluding hydrogens is 324 g/mol. The number of carbonyl (C=O) groups excluding carboxylic acids is 1. The van der Waals surface area contributed by atoms with Crippen molar-refractivity contribution in [3.8, 4) is 5.75 Å². The maximum absolute atomic E-state index is 13.2. The summed E-state index contributed by atoms with van der Waals surface area (Å²) < 4.78 is 5.29. The second-order valence-corrected chi connectivity index (χ2v) is 8.70. The third kappa shape index (κ3) is 3.24. The normalized spacial score (nSPS) is 32.8. The lowest BCUT2D eigenvalue weighted by molar-refractivity contribution is -0.130. The van der Waals surface area contributed by atoms with Gasteiger partial charge in [0.2, 0.25) is 5.91 Å². The third-order valence-corrected chi connectivity index (χ3v) is 7.25. The second-order valence-electron chi connectivity index (χ2n) is 8.70. The Morgan fingerprint density at radius 3 is 2.27 bits per heavy atom. The van der Waals surface area contributed by atoms with Gasteiger partial charge in [-0.15, -0.1) is 0 Å². The van der Waals surface area contributed by atoms with Crippen LogP contribution in [-0.2, 0) is 10.3 Å². The maximum Gasteiger partial charge on any atom is 0.223 e. The lowest BCUT2D eigenvalue weighted by atomic mass is 9.65. The number of hydrogen-bond donors (Lipinski definition) is 2. The zero-order valence-corrected chi connectivity index (χ0v) is 15.9. The summed E-state index contributed by atoms with van der Waals surface area (Å²) in [5, 5.41) is 3.50. The minimum atomic E-state index is -0.196. The molecule has 3 aliphatic rings. The highest BCUT2D eigenvalue weighted by atomic mass is 16.5. The quantitative estimate of drug-likeness (QED) is 0.864. The van der Waals surface area contributed by atoms with Crippen LogP contribution in [-0.4, -0.2) is 19.1 Å². The van der Waals surface area contributed by atoms with Gasteiger partial charge in [0.1, 0.15) is 5.75 Å². The number of nitrogens with two attached hydrogens (primary N) is 1. The van der Waals surface area contributed by atoms with Crippen molar-refractivity contribution in [2.24, 2.45) is 23.5 Å². The van der Waals surface area contributed by atoms with Crippen molar-refractivity contribution in [3.63, 3.8) is 0 Å². The van der Waals surface area contributed by atoms with E-state index in [1.165, 1.54) is 37.7 Å². The highest BCUT2D eigenvalue weighted by Crippen LogP contribution is 2.44. The fourth-order valence-electron chi connectivity index (χ4n) is 5.72. The number of carbonyl (C=O) groups is 1. The summed E-state index contributed by atoms with van der Waals surface area (Å²) in [4.78, 5) is 13.2. The molecule has 0 saturated heterocycles. The summed E-state index contributed by atoms with van der Waals surface area (Å²) in [5.41, 5.74) is 7.43. The highest BCUT2D eigenvalue weighted by Gasteiger charge is 2.43. The first-order chi connectivity index (χ1) is 12.6. The van der Waals surface area contributed by atoms with E-state index in [2.05, 4.69) is 17.4 Å². The molecule has 0 heterocycles. The Kier molecular flexibility index (Phi) is 4.96. The zero-order valence-electron chi connectivity index (χ0n) is 15.9. The number of fused-ring (bicyclic) bond motifs is 2. The van der Waals surface area contributed by atoms with Crippen molar-refractivity contribution in [2.75, 3.05) is 7.11 Å². The Hall–Kier alpha value is -1.55. The van der Waals surface area contributed by atoms with E-state index in [4.69, 9.17) is 10.5 Å². The van der Waals surface area contributed by atoms with Crippen molar-refractivity contribution >= 4 is 5.91 Å². The van der Waals surface area contributed by atoms with Crippen LogP contribution in [0.4, 0.5) is 0 Å². The molecule has 3 N–H and O–H groups in total. The average molecular weight is 357 g/mol. The Bertz CT molecular complexity index is 622. The van der Waals surface area contributed by atoms with Gasteiger partial charge in [-0.25, -0.2) is 0 Å². The summed E-state index contributed by atoms with van der Waals surface area (Å²) in [5.74, 6) is 2.34. The molecule has 4 rings (SSSR count). The van der Waals surface area contributed by atoms with Gasteiger partial charge in [-0.1, -0.05) is 31.4 Å². The van der Waals surface area contributed by atoms with E-state index in [-0.39, 0.29) is 17.4 Å². The van der Waals surface area contributed by atoms with Gasteiger partial charge in [-0.2, -0.15) is 0 Å². The monoisotopic (exact) mass is 356 g/mol. The number of ether oxygens (including phenoxy) is 1. The van der Waals surface area contributed by atoms with Crippen molar-refractivity contribution < 1.29 is 9.53 Å². The van der Waals surface area contributed by atoms with Crippen LogP contribution in [0.3, 0.4) is 0 Å². The van der Waals surface area contributed by atoms with Crippen LogP contribution in [0.25, 0.3) is 0 Å². The molecule has 4 heteroatoms. The lowest BCUT2D eigenvalue weighted by Gasteiger charge is -2.44. The molecule has 1 aromatic carbocycles. The Labute approximate surface area is 156 Å². The van der Waals surface area contributed by atoms with E-state index in [1.807, 2.05) is 12.1 Å². The molecule has 1 aromatic rings. The van der Waals surface area contributed by atoms with Gasteiger partial charge in [0.15, 0.2) is 0 Å². The van der Waals surface area contributed by atoms with Crippen LogP contribution >= 0.6 is 0 Å². The summed E-state index contributed by atoms with van der Waals surface area (Å²) in [6.45, 7) is 0. The van der Waals surface area contributed by atoms with Gasteiger partial charge >= 0.3 is 0 Å². The molecule has 0 spiro atoms. The molecule has 3 aliphatic carbocycles. The van der Waals surface area contributed by atoms with Gasteiger partial charge in [0, 0.05) is 12.0 Å². The zero-order chi connectivity index (χ0) is 18.1. The fourth-order valence-corrected chi connectivity index (χ4v) is 5.72. The predicted octanol–water partition coefficient (Wildman–Crippen LogP) is 3.73. The molecule has 3 saturated carbocycles. The van der Waals surface area contributed by atoms with E-state index in [1.54, 1.807) is 7.11 Å². The Balaban J connectivity index is 1.50.